The zero-order valence-electron chi connectivity index (χ0n) is 9.06. The second-order valence-electron chi connectivity index (χ2n) is 3.33. The van der Waals surface area contributed by atoms with Crippen molar-refractivity contribution in [3.63, 3.8) is 0 Å². The molecule has 0 aromatic heterocycles. The summed E-state index contributed by atoms with van der Waals surface area (Å²) in [5.41, 5.74) is 0.928. The van der Waals surface area contributed by atoms with E-state index in [0.29, 0.717) is 6.61 Å². The molecule has 85 valence electrons. The van der Waals surface area contributed by atoms with Crippen LogP contribution in [0.15, 0.2) is 18.2 Å². The lowest BCUT2D eigenvalue weighted by atomic mass is 10.1. The quantitative estimate of drug-likeness (QED) is 0.729. The summed E-state index contributed by atoms with van der Waals surface area (Å²) >= 11 is 0. The van der Waals surface area contributed by atoms with E-state index in [1.165, 1.54) is 0 Å². The number of rotatable bonds is 4. The molecule has 0 spiro atoms. The van der Waals surface area contributed by atoms with E-state index < -0.39 is 0 Å². The molecule has 1 aliphatic rings. The summed E-state index contributed by atoms with van der Waals surface area (Å²) in [6.07, 6.45) is 2.08. The molecule has 0 saturated carbocycles. The van der Waals surface area contributed by atoms with Crippen LogP contribution in [0.5, 0.6) is 11.5 Å². The third-order valence-corrected chi connectivity index (χ3v) is 2.21. The number of hydrogen-bond acceptors (Lipinski definition) is 4. The molecule has 1 heterocycles. The van der Waals surface area contributed by atoms with Gasteiger partial charge in [-0.1, -0.05) is 6.07 Å². The van der Waals surface area contributed by atoms with Gasteiger partial charge < -0.3 is 14.2 Å². The smallest absolute Gasteiger partial charge is 0.306 e. The highest BCUT2D eigenvalue weighted by Crippen LogP contribution is 2.33. The van der Waals surface area contributed by atoms with E-state index in [4.69, 9.17) is 14.2 Å². The van der Waals surface area contributed by atoms with E-state index in [0.717, 1.165) is 17.1 Å². The summed E-state index contributed by atoms with van der Waals surface area (Å²) in [5, 5.41) is 0. The molecule has 0 atom stereocenters. The number of esters is 1. The Hall–Kier alpha value is -1.71. The third-order valence-electron chi connectivity index (χ3n) is 2.21. The zero-order valence-corrected chi connectivity index (χ0v) is 9.06. The Kier molecular flexibility index (Phi) is 3.29. The summed E-state index contributed by atoms with van der Waals surface area (Å²) in [7, 11) is 0. The van der Waals surface area contributed by atoms with Crippen LogP contribution in [-0.2, 0) is 9.53 Å². The molecule has 0 amide bonds. The van der Waals surface area contributed by atoms with Gasteiger partial charge in [-0.15, -0.1) is 0 Å². The molecule has 0 unspecified atom stereocenters. The third kappa shape index (κ3) is 2.45. The highest BCUT2D eigenvalue weighted by atomic mass is 16.7. The number of fused-ring (bicyclic) bond motifs is 1. The van der Waals surface area contributed by atoms with Crippen molar-refractivity contribution in [1.82, 2.24) is 0 Å². The van der Waals surface area contributed by atoms with Crippen molar-refractivity contribution >= 4 is 5.97 Å². The van der Waals surface area contributed by atoms with Gasteiger partial charge >= 0.3 is 5.97 Å². The monoisotopic (exact) mass is 221 g/mol. The SMILES string of the molecule is CCOC(=O)C[CH]c1ccc2c(c1)OCO2. The van der Waals surface area contributed by atoms with Crippen LogP contribution in [0.2, 0.25) is 0 Å². The number of hydrogen-bond donors (Lipinski definition) is 0. The molecular weight excluding hydrogens is 208 g/mol. The molecule has 2 rings (SSSR count). The maximum absolute atomic E-state index is 11.1. The molecule has 1 aromatic carbocycles. The first-order valence-electron chi connectivity index (χ1n) is 5.18. The normalized spacial score (nSPS) is 12.6. The van der Waals surface area contributed by atoms with E-state index in [2.05, 4.69) is 0 Å². The fourth-order valence-electron chi connectivity index (χ4n) is 1.46. The standard InChI is InChI=1S/C12H13O4/c1-2-14-12(13)6-4-9-3-5-10-11(7-9)16-8-15-10/h3-5,7H,2,6,8H2,1H3. The van der Waals surface area contributed by atoms with E-state index in [9.17, 15) is 4.79 Å². The Balaban J connectivity index is 1.93. The van der Waals surface area contributed by atoms with Crippen molar-refractivity contribution in [2.24, 2.45) is 0 Å². The molecule has 0 saturated heterocycles. The predicted molar refractivity (Wildman–Crippen MR) is 57.2 cm³/mol. The van der Waals surface area contributed by atoms with Gasteiger partial charge in [0.05, 0.1) is 13.0 Å². The minimum atomic E-state index is -0.222. The largest absolute Gasteiger partial charge is 0.466 e. The highest BCUT2D eigenvalue weighted by Gasteiger charge is 2.13. The lowest BCUT2D eigenvalue weighted by Crippen LogP contribution is -2.03. The summed E-state index contributed by atoms with van der Waals surface area (Å²) in [6.45, 7) is 2.46. The molecule has 0 aliphatic carbocycles. The Labute approximate surface area is 94.1 Å². The van der Waals surface area contributed by atoms with Crippen LogP contribution in [0, 0.1) is 6.42 Å². The lowest BCUT2D eigenvalue weighted by molar-refractivity contribution is -0.142. The van der Waals surface area contributed by atoms with E-state index in [-0.39, 0.29) is 19.2 Å². The van der Waals surface area contributed by atoms with E-state index in [1.807, 2.05) is 18.2 Å². The molecule has 16 heavy (non-hydrogen) atoms. The second kappa shape index (κ2) is 4.88. The van der Waals surface area contributed by atoms with Crippen LogP contribution >= 0.6 is 0 Å². The number of carbonyl (C=O) groups excluding carboxylic acids is 1. The highest BCUT2D eigenvalue weighted by molar-refractivity contribution is 5.71. The van der Waals surface area contributed by atoms with E-state index >= 15 is 0 Å². The zero-order chi connectivity index (χ0) is 11.4. The van der Waals surface area contributed by atoms with Crippen LogP contribution in [0.1, 0.15) is 18.9 Å². The molecule has 4 heteroatoms. The minimum absolute atomic E-state index is 0.222. The average Bonchev–Trinajstić information content (AvgIpc) is 2.74. The molecule has 0 bridgehead atoms. The molecule has 1 aliphatic heterocycles. The first-order valence-corrected chi connectivity index (χ1v) is 5.18. The number of carbonyl (C=O) groups is 1. The summed E-state index contributed by atoms with van der Waals surface area (Å²) in [6, 6.07) is 5.56. The van der Waals surface area contributed by atoms with Gasteiger partial charge in [0.25, 0.3) is 0 Å². The second-order valence-corrected chi connectivity index (χ2v) is 3.33. The van der Waals surface area contributed by atoms with Crippen molar-refractivity contribution in [3.8, 4) is 11.5 Å². The van der Waals surface area contributed by atoms with Gasteiger partial charge in [0, 0.05) is 6.42 Å². The van der Waals surface area contributed by atoms with Gasteiger partial charge in [0.2, 0.25) is 6.79 Å². The van der Waals surface area contributed by atoms with Gasteiger partial charge in [0.15, 0.2) is 11.5 Å². The number of ether oxygens (including phenoxy) is 3. The minimum Gasteiger partial charge on any atom is -0.466 e. The molecule has 0 fully saturated rings. The summed E-state index contributed by atoms with van der Waals surface area (Å²) in [4.78, 5) is 11.1. The number of benzene rings is 1. The Morgan fingerprint density at radius 3 is 3.06 bits per heavy atom. The maximum Gasteiger partial charge on any atom is 0.306 e. The van der Waals surface area contributed by atoms with Crippen LogP contribution in [0.25, 0.3) is 0 Å². The van der Waals surface area contributed by atoms with Crippen LogP contribution in [0.4, 0.5) is 0 Å². The Bertz CT molecular complexity index is 387. The van der Waals surface area contributed by atoms with Gasteiger partial charge in [-0.3, -0.25) is 4.79 Å². The van der Waals surface area contributed by atoms with Gasteiger partial charge in [-0.25, -0.2) is 0 Å². The van der Waals surface area contributed by atoms with Crippen LogP contribution < -0.4 is 9.47 Å². The van der Waals surface area contributed by atoms with Crippen molar-refractivity contribution in [2.75, 3.05) is 13.4 Å². The first kappa shape index (κ1) is 10.8. The van der Waals surface area contributed by atoms with Crippen molar-refractivity contribution in [1.29, 1.82) is 0 Å². The van der Waals surface area contributed by atoms with Crippen molar-refractivity contribution < 1.29 is 19.0 Å². The lowest BCUT2D eigenvalue weighted by Gasteiger charge is -2.03. The summed E-state index contributed by atoms with van der Waals surface area (Å²) < 4.78 is 15.3. The molecule has 1 aromatic rings. The van der Waals surface area contributed by atoms with Crippen LogP contribution in [-0.4, -0.2) is 19.4 Å². The fourth-order valence-corrected chi connectivity index (χ4v) is 1.46. The molecule has 1 radical (unpaired) electrons. The molecular formula is C12H13O4. The van der Waals surface area contributed by atoms with E-state index in [1.54, 1.807) is 13.3 Å². The fraction of sp³-hybridized carbons (Fsp3) is 0.333. The first-order chi connectivity index (χ1) is 7.79. The summed E-state index contributed by atoms with van der Waals surface area (Å²) in [5.74, 6) is 1.24. The topological polar surface area (TPSA) is 44.8 Å². The maximum atomic E-state index is 11.1. The van der Waals surface area contributed by atoms with Gasteiger partial charge in [-0.05, 0) is 24.6 Å². The van der Waals surface area contributed by atoms with Crippen LogP contribution in [0.3, 0.4) is 0 Å². The van der Waals surface area contributed by atoms with Crippen molar-refractivity contribution in [2.45, 2.75) is 13.3 Å². The molecule has 4 nitrogen and oxygen atoms in total. The Morgan fingerprint density at radius 1 is 1.44 bits per heavy atom. The average molecular weight is 221 g/mol. The predicted octanol–water partition coefficient (Wildman–Crippen LogP) is 1.92. The Morgan fingerprint density at radius 2 is 2.25 bits per heavy atom. The van der Waals surface area contributed by atoms with Gasteiger partial charge in [-0.2, -0.15) is 0 Å². The van der Waals surface area contributed by atoms with Crippen molar-refractivity contribution in [3.05, 3.63) is 30.2 Å². The molecule has 0 N–H and O–H groups in total. The van der Waals surface area contributed by atoms with Gasteiger partial charge in [0.1, 0.15) is 0 Å².